The summed E-state index contributed by atoms with van der Waals surface area (Å²) < 4.78 is 5.58. The van der Waals surface area contributed by atoms with Gasteiger partial charge in [0, 0.05) is 0 Å². The van der Waals surface area contributed by atoms with Gasteiger partial charge >= 0.3 is 0 Å². The zero-order chi connectivity index (χ0) is 9.52. The summed E-state index contributed by atoms with van der Waals surface area (Å²) in [6.07, 6.45) is 4.19. The van der Waals surface area contributed by atoms with Crippen LogP contribution in [0, 0.1) is 0 Å². The van der Waals surface area contributed by atoms with Gasteiger partial charge in [0.25, 0.3) is 0 Å². The summed E-state index contributed by atoms with van der Waals surface area (Å²) in [6.45, 7) is 4.75. The van der Waals surface area contributed by atoms with Crippen molar-refractivity contribution in [2.24, 2.45) is 0 Å². The van der Waals surface area contributed by atoms with Crippen LogP contribution in [-0.2, 0) is 4.74 Å². The third kappa shape index (κ3) is 3.43. The van der Waals surface area contributed by atoms with E-state index in [4.69, 9.17) is 4.74 Å². The number of rotatable bonds is 4. The van der Waals surface area contributed by atoms with Gasteiger partial charge in [-0.15, -0.1) is 0 Å². The van der Waals surface area contributed by atoms with E-state index in [0.29, 0.717) is 6.61 Å². The maximum absolute atomic E-state index is 5.58. The minimum Gasteiger partial charge on any atom is -0.370 e. The zero-order valence-corrected chi connectivity index (χ0v) is 8.23. The maximum Gasteiger partial charge on any atom is 0.0801 e. The Bertz CT molecular complexity index is 251. The molecule has 0 bridgehead atoms. The summed E-state index contributed by atoms with van der Waals surface area (Å²) in [6, 6.07) is 10.2. The number of hydrogen-bond donors (Lipinski definition) is 0. The van der Waals surface area contributed by atoms with Crippen LogP contribution in [0.2, 0.25) is 0 Å². The van der Waals surface area contributed by atoms with Gasteiger partial charge in [0.15, 0.2) is 0 Å². The van der Waals surface area contributed by atoms with Crippen molar-refractivity contribution in [1.82, 2.24) is 0 Å². The Balaban J connectivity index is 2.44. The first kappa shape index (κ1) is 10.0. The SMILES string of the molecule is CC=CCOC(C)c1ccccc1. The fourth-order valence-corrected chi connectivity index (χ4v) is 1.12. The Morgan fingerprint density at radius 2 is 2.00 bits per heavy atom. The molecule has 0 spiro atoms. The van der Waals surface area contributed by atoms with E-state index < -0.39 is 0 Å². The van der Waals surface area contributed by atoms with E-state index in [9.17, 15) is 0 Å². The van der Waals surface area contributed by atoms with E-state index in [1.54, 1.807) is 0 Å². The van der Waals surface area contributed by atoms with Gasteiger partial charge in [-0.25, -0.2) is 0 Å². The summed E-state index contributed by atoms with van der Waals surface area (Å²) in [5, 5.41) is 0. The Morgan fingerprint density at radius 3 is 2.62 bits per heavy atom. The lowest BCUT2D eigenvalue weighted by Crippen LogP contribution is -1.99. The summed E-state index contributed by atoms with van der Waals surface area (Å²) in [5.41, 5.74) is 1.23. The maximum atomic E-state index is 5.58. The largest absolute Gasteiger partial charge is 0.370 e. The summed E-state index contributed by atoms with van der Waals surface area (Å²) in [5.74, 6) is 0. The normalized spacial score (nSPS) is 13.4. The van der Waals surface area contributed by atoms with Crippen LogP contribution in [0.1, 0.15) is 25.5 Å². The molecule has 0 N–H and O–H groups in total. The highest BCUT2D eigenvalue weighted by Crippen LogP contribution is 2.15. The first-order valence-electron chi connectivity index (χ1n) is 4.62. The Kier molecular flexibility index (Phi) is 4.27. The average molecular weight is 176 g/mol. The van der Waals surface area contributed by atoms with Crippen LogP contribution in [-0.4, -0.2) is 6.61 Å². The summed E-state index contributed by atoms with van der Waals surface area (Å²) in [4.78, 5) is 0. The molecule has 13 heavy (non-hydrogen) atoms. The van der Waals surface area contributed by atoms with Crippen LogP contribution in [0.5, 0.6) is 0 Å². The second kappa shape index (κ2) is 5.55. The van der Waals surface area contributed by atoms with Crippen molar-refractivity contribution in [1.29, 1.82) is 0 Å². The molecule has 0 heterocycles. The van der Waals surface area contributed by atoms with Crippen LogP contribution in [0.15, 0.2) is 42.5 Å². The van der Waals surface area contributed by atoms with E-state index in [1.165, 1.54) is 5.56 Å². The topological polar surface area (TPSA) is 9.23 Å². The molecule has 1 heteroatoms. The quantitative estimate of drug-likeness (QED) is 0.639. The van der Waals surface area contributed by atoms with E-state index in [1.807, 2.05) is 37.3 Å². The molecule has 1 rings (SSSR count). The number of hydrogen-bond acceptors (Lipinski definition) is 1. The molecule has 0 amide bonds. The van der Waals surface area contributed by atoms with Gasteiger partial charge in [-0.2, -0.15) is 0 Å². The second-order valence-corrected chi connectivity index (χ2v) is 2.96. The van der Waals surface area contributed by atoms with Gasteiger partial charge in [-0.1, -0.05) is 42.5 Å². The van der Waals surface area contributed by atoms with Crippen molar-refractivity contribution in [3.05, 3.63) is 48.0 Å². The molecule has 0 aliphatic rings. The Hall–Kier alpha value is -1.08. The molecule has 0 aromatic heterocycles. The Morgan fingerprint density at radius 1 is 1.31 bits per heavy atom. The fourth-order valence-electron chi connectivity index (χ4n) is 1.12. The molecule has 1 atom stereocenters. The predicted molar refractivity (Wildman–Crippen MR) is 55.6 cm³/mol. The molecule has 1 unspecified atom stereocenters. The van der Waals surface area contributed by atoms with Crippen LogP contribution < -0.4 is 0 Å². The highest BCUT2D eigenvalue weighted by molar-refractivity contribution is 5.16. The molecule has 1 nitrogen and oxygen atoms in total. The van der Waals surface area contributed by atoms with Crippen LogP contribution in [0.3, 0.4) is 0 Å². The molecule has 0 radical (unpaired) electrons. The van der Waals surface area contributed by atoms with Crippen molar-refractivity contribution >= 4 is 0 Å². The molecule has 0 aliphatic carbocycles. The van der Waals surface area contributed by atoms with Gasteiger partial charge in [0.1, 0.15) is 0 Å². The lowest BCUT2D eigenvalue weighted by Gasteiger charge is -2.11. The smallest absolute Gasteiger partial charge is 0.0801 e. The highest BCUT2D eigenvalue weighted by Gasteiger charge is 2.02. The predicted octanol–water partition coefficient (Wildman–Crippen LogP) is 3.34. The van der Waals surface area contributed by atoms with Crippen molar-refractivity contribution in [3.63, 3.8) is 0 Å². The van der Waals surface area contributed by atoms with E-state index in [2.05, 4.69) is 19.1 Å². The summed E-state index contributed by atoms with van der Waals surface area (Å²) in [7, 11) is 0. The molecule has 0 saturated heterocycles. The molecule has 0 saturated carbocycles. The number of benzene rings is 1. The lowest BCUT2D eigenvalue weighted by molar-refractivity contribution is 0.0886. The Labute approximate surface area is 80.0 Å². The van der Waals surface area contributed by atoms with Crippen molar-refractivity contribution in [2.45, 2.75) is 20.0 Å². The van der Waals surface area contributed by atoms with Gasteiger partial charge in [-0.05, 0) is 19.4 Å². The van der Waals surface area contributed by atoms with Gasteiger partial charge in [0.05, 0.1) is 12.7 Å². The second-order valence-electron chi connectivity index (χ2n) is 2.96. The standard InChI is InChI=1S/C12H16O/c1-3-4-10-13-11(2)12-8-6-5-7-9-12/h3-9,11H,10H2,1-2H3. The summed E-state index contributed by atoms with van der Waals surface area (Å²) >= 11 is 0. The van der Waals surface area contributed by atoms with Gasteiger partial charge < -0.3 is 4.74 Å². The van der Waals surface area contributed by atoms with Gasteiger partial charge in [0.2, 0.25) is 0 Å². The molecular weight excluding hydrogens is 160 g/mol. The third-order valence-corrected chi connectivity index (χ3v) is 1.95. The minimum atomic E-state index is 0.178. The average Bonchev–Trinajstić information content (AvgIpc) is 2.19. The zero-order valence-electron chi connectivity index (χ0n) is 8.23. The molecule has 1 aromatic rings. The van der Waals surface area contributed by atoms with Crippen LogP contribution in [0.25, 0.3) is 0 Å². The first-order chi connectivity index (χ1) is 6.34. The minimum absolute atomic E-state index is 0.178. The molecule has 1 aromatic carbocycles. The molecule has 70 valence electrons. The molecule has 0 aliphatic heterocycles. The third-order valence-electron chi connectivity index (χ3n) is 1.95. The van der Waals surface area contributed by atoms with Gasteiger partial charge in [-0.3, -0.25) is 0 Å². The molecular formula is C12H16O. The monoisotopic (exact) mass is 176 g/mol. The van der Waals surface area contributed by atoms with Crippen molar-refractivity contribution in [3.8, 4) is 0 Å². The van der Waals surface area contributed by atoms with Crippen molar-refractivity contribution < 1.29 is 4.74 Å². The first-order valence-corrected chi connectivity index (χ1v) is 4.62. The van der Waals surface area contributed by atoms with E-state index >= 15 is 0 Å². The fraction of sp³-hybridized carbons (Fsp3) is 0.333. The highest BCUT2D eigenvalue weighted by atomic mass is 16.5. The number of allylic oxidation sites excluding steroid dienone is 1. The van der Waals surface area contributed by atoms with Crippen molar-refractivity contribution in [2.75, 3.05) is 6.61 Å². The van der Waals surface area contributed by atoms with E-state index in [-0.39, 0.29) is 6.10 Å². The molecule has 0 fully saturated rings. The van der Waals surface area contributed by atoms with Crippen LogP contribution >= 0.6 is 0 Å². The van der Waals surface area contributed by atoms with Crippen LogP contribution in [0.4, 0.5) is 0 Å². The van der Waals surface area contributed by atoms with E-state index in [0.717, 1.165) is 0 Å². The lowest BCUT2D eigenvalue weighted by atomic mass is 10.1. The number of ether oxygens (including phenoxy) is 1.